The molecule has 1 N–H and O–H groups in total. The number of aryl methyl sites for hydroxylation is 2. The van der Waals surface area contributed by atoms with E-state index in [1.54, 1.807) is 10.7 Å². The number of nitrogens with zero attached hydrogens (tertiary/aromatic N) is 3. The van der Waals surface area contributed by atoms with Crippen LogP contribution in [-0.2, 0) is 0 Å². The molecule has 0 spiro atoms. The second-order valence-electron chi connectivity index (χ2n) is 3.69. The molecule has 0 radical (unpaired) electrons. The van der Waals surface area contributed by atoms with E-state index < -0.39 is 4.92 Å². The zero-order valence-corrected chi connectivity index (χ0v) is 9.54. The number of aromatic nitrogens is 2. The molecule has 88 valence electrons. The van der Waals surface area contributed by atoms with E-state index in [0.29, 0.717) is 0 Å². The van der Waals surface area contributed by atoms with Gasteiger partial charge in [0, 0.05) is 23.7 Å². The minimum absolute atomic E-state index is 0.0417. The molecule has 0 amide bonds. The summed E-state index contributed by atoms with van der Waals surface area (Å²) in [6.07, 6.45) is 1.52. The Kier molecular flexibility index (Phi) is 2.78. The monoisotopic (exact) mass is 232 g/mol. The first-order chi connectivity index (χ1) is 8.09. The lowest BCUT2D eigenvalue weighted by Gasteiger charge is -2.11. The van der Waals surface area contributed by atoms with E-state index in [1.807, 2.05) is 26.0 Å². The van der Waals surface area contributed by atoms with Crippen molar-refractivity contribution in [2.75, 3.05) is 5.43 Å². The lowest BCUT2D eigenvalue weighted by molar-refractivity contribution is -0.384. The van der Waals surface area contributed by atoms with Crippen molar-refractivity contribution in [1.82, 2.24) is 9.66 Å². The van der Waals surface area contributed by atoms with Gasteiger partial charge in [0.05, 0.1) is 4.92 Å². The molecule has 0 atom stereocenters. The Labute approximate surface area is 98.0 Å². The number of nitrogens with one attached hydrogen (secondary N) is 1. The molecule has 0 unspecified atom stereocenters. The van der Waals surface area contributed by atoms with Crippen molar-refractivity contribution in [3.8, 4) is 0 Å². The molecule has 0 saturated heterocycles. The SMILES string of the molecule is Cc1ccc(C)n1Nc1ncccc1[N+](=O)[O-]. The van der Waals surface area contributed by atoms with Crippen LogP contribution in [0.4, 0.5) is 11.5 Å². The molecule has 6 nitrogen and oxygen atoms in total. The number of rotatable bonds is 3. The van der Waals surface area contributed by atoms with E-state index in [9.17, 15) is 10.1 Å². The van der Waals surface area contributed by atoms with E-state index in [0.717, 1.165) is 11.4 Å². The predicted molar refractivity (Wildman–Crippen MR) is 63.8 cm³/mol. The van der Waals surface area contributed by atoms with Crippen LogP contribution in [0.2, 0.25) is 0 Å². The van der Waals surface area contributed by atoms with Gasteiger partial charge in [-0.15, -0.1) is 0 Å². The van der Waals surface area contributed by atoms with Crippen LogP contribution in [-0.4, -0.2) is 14.6 Å². The van der Waals surface area contributed by atoms with Gasteiger partial charge in [0.25, 0.3) is 0 Å². The molecular weight excluding hydrogens is 220 g/mol. The van der Waals surface area contributed by atoms with E-state index in [4.69, 9.17) is 0 Å². The molecule has 0 aliphatic carbocycles. The highest BCUT2D eigenvalue weighted by molar-refractivity contribution is 5.55. The van der Waals surface area contributed by atoms with Gasteiger partial charge in [-0.25, -0.2) is 4.98 Å². The molecule has 0 aliphatic rings. The first kappa shape index (κ1) is 11.1. The van der Waals surface area contributed by atoms with Crippen molar-refractivity contribution in [2.24, 2.45) is 0 Å². The average Bonchev–Trinajstić information content (AvgIpc) is 2.61. The summed E-state index contributed by atoms with van der Waals surface area (Å²) in [6.45, 7) is 3.82. The van der Waals surface area contributed by atoms with Crippen LogP contribution in [0, 0.1) is 24.0 Å². The summed E-state index contributed by atoms with van der Waals surface area (Å²) < 4.78 is 1.76. The Bertz CT molecular complexity index is 543. The largest absolute Gasteiger partial charge is 0.313 e. The first-order valence-corrected chi connectivity index (χ1v) is 5.11. The van der Waals surface area contributed by atoms with Crippen molar-refractivity contribution < 1.29 is 4.92 Å². The zero-order chi connectivity index (χ0) is 12.4. The summed E-state index contributed by atoms with van der Waals surface area (Å²) >= 11 is 0. The van der Waals surface area contributed by atoms with Crippen molar-refractivity contribution in [3.05, 3.63) is 52.0 Å². The molecule has 2 aromatic rings. The minimum atomic E-state index is -0.455. The molecule has 2 rings (SSSR count). The lowest BCUT2D eigenvalue weighted by Crippen LogP contribution is -2.14. The number of nitro groups is 1. The van der Waals surface area contributed by atoms with Crippen molar-refractivity contribution in [2.45, 2.75) is 13.8 Å². The maximum absolute atomic E-state index is 10.8. The highest BCUT2D eigenvalue weighted by atomic mass is 16.6. The predicted octanol–water partition coefficient (Wildman–Crippen LogP) is 2.28. The van der Waals surface area contributed by atoms with Crippen LogP contribution in [0.5, 0.6) is 0 Å². The fourth-order valence-electron chi connectivity index (χ4n) is 1.58. The topological polar surface area (TPSA) is 73.0 Å². The summed E-state index contributed by atoms with van der Waals surface area (Å²) in [5, 5.41) is 10.8. The summed E-state index contributed by atoms with van der Waals surface area (Å²) in [4.78, 5) is 14.4. The van der Waals surface area contributed by atoms with E-state index in [2.05, 4.69) is 10.4 Å². The second kappa shape index (κ2) is 4.25. The van der Waals surface area contributed by atoms with Crippen LogP contribution >= 0.6 is 0 Å². The molecule has 0 aliphatic heterocycles. The molecular formula is C11H12N4O2. The number of hydrogen-bond donors (Lipinski definition) is 1. The van der Waals surface area contributed by atoms with Crippen LogP contribution in [0.15, 0.2) is 30.5 Å². The Morgan fingerprint density at radius 3 is 2.53 bits per heavy atom. The van der Waals surface area contributed by atoms with Crippen LogP contribution in [0.25, 0.3) is 0 Å². The summed E-state index contributed by atoms with van der Waals surface area (Å²) in [5.41, 5.74) is 4.81. The molecule has 0 bridgehead atoms. The molecule has 0 saturated carbocycles. The van der Waals surface area contributed by atoms with Crippen LogP contribution in [0.3, 0.4) is 0 Å². The van der Waals surface area contributed by atoms with E-state index in [1.165, 1.54) is 12.3 Å². The highest BCUT2D eigenvalue weighted by Crippen LogP contribution is 2.21. The fourth-order valence-corrected chi connectivity index (χ4v) is 1.58. The molecule has 6 heteroatoms. The Morgan fingerprint density at radius 2 is 1.94 bits per heavy atom. The third kappa shape index (κ3) is 2.10. The van der Waals surface area contributed by atoms with Gasteiger partial charge >= 0.3 is 5.69 Å². The van der Waals surface area contributed by atoms with E-state index >= 15 is 0 Å². The number of pyridine rings is 1. The van der Waals surface area contributed by atoms with Gasteiger partial charge in [0.2, 0.25) is 5.82 Å². The second-order valence-corrected chi connectivity index (χ2v) is 3.69. The lowest BCUT2D eigenvalue weighted by atomic mass is 10.4. The summed E-state index contributed by atoms with van der Waals surface area (Å²) in [5.74, 6) is 0.236. The van der Waals surface area contributed by atoms with Gasteiger partial charge in [-0.2, -0.15) is 0 Å². The molecule has 17 heavy (non-hydrogen) atoms. The highest BCUT2D eigenvalue weighted by Gasteiger charge is 2.15. The molecule has 0 aromatic carbocycles. The quantitative estimate of drug-likeness (QED) is 0.650. The maximum Gasteiger partial charge on any atom is 0.313 e. The van der Waals surface area contributed by atoms with Gasteiger partial charge in [0.15, 0.2) is 0 Å². The summed E-state index contributed by atoms with van der Waals surface area (Å²) in [7, 11) is 0. The van der Waals surface area contributed by atoms with Crippen molar-refractivity contribution >= 4 is 11.5 Å². The Balaban J connectivity index is 2.40. The number of hydrogen-bond acceptors (Lipinski definition) is 4. The Hall–Kier alpha value is -2.37. The minimum Gasteiger partial charge on any atom is -0.272 e. The normalized spacial score (nSPS) is 10.2. The number of anilines is 1. The summed E-state index contributed by atoms with van der Waals surface area (Å²) in [6, 6.07) is 6.82. The molecule has 0 fully saturated rings. The maximum atomic E-state index is 10.8. The van der Waals surface area contributed by atoms with Gasteiger partial charge in [-0.05, 0) is 32.0 Å². The van der Waals surface area contributed by atoms with Gasteiger partial charge < -0.3 is 0 Å². The van der Waals surface area contributed by atoms with Gasteiger partial charge in [-0.3, -0.25) is 20.2 Å². The molecule has 2 heterocycles. The standard InChI is InChI=1S/C11H12N4O2/c1-8-5-6-9(2)14(8)13-11-10(15(16)17)4-3-7-12-11/h3-7H,1-2H3,(H,12,13). The third-order valence-corrected chi connectivity index (χ3v) is 2.47. The fraction of sp³-hybridized carbons (Fsp3) is 0.182. The van der Waals surface area contributed by atoms with Crippen molar-refractivity contribution in [1.29, 1.82) is 0 Å². The zero-order valence-electron chi connectivity index (χ0n) is 9.54. The van der Waals surface area contributed by atoms with E-state index in [-0.39, 0.29) is 11.5 Å². The molecule has 2 aromatic heterocycles. The third-order valence-electron chi connectivity index (χ3n) is 2.47. The van der Waals surface area contributed by atoms with Gasteiger partial charge in [0.1, 0.15) is 0 Å². The first-order valence-electron chi connectivity index (χ1n) is 5.11. The Morgan fingerprint density at radius 1 is 1.29 bits per heavy atom. The van der Waals surface area contributed by atoms with Gasteiger partial charge in [-0.1, -0.05) is 0 Å². The smallest absolute Gasteiger partial charge is 0.272 e. The van der Waals surface area contributed by atoms with Crippen LogP contribution < -0.4 is 5.43 Å². The van der Waals surface area contributed by atoms with Crippen LogP contribution in [0.1, 0.15) is 11.4 Å². The average molecular weight is 232 g/mol. The van der Waals surface area contributed by atoms with Crippen molar-refractivity contribution in [3.63, 3.8) is 0 Å².